The number of methoxy groups -OCH3 is 1. The van der Waals surface area contributed by atoms with Crippen molar-refractivity contribution in [1.82, 2.24) is 20.7 Å². The number of aromatic nitrogens is 1. The van der Waals surface area contributed by atoms with E-state index in [-0.39, 0.29) is 35.8 Å². The maximum atomic E-state index is 13.8. The van der Waals surface area contributed by atoms with Gasteiger partial charge in [-0.15, -0.1) is 0 Å². The predicted octanol–water partition coefficient (Wildman–Crippen LogP) is 2.41. The molecule has 1 aromatic rings. The lowest BCUT2D eigenvalue weighted by Crippen LogP contribution is -2.58. The number of nitrogens with zero attached hydrogens (tertiary/aromatic N) is 2. The summed E-state index contributed by atoms with van der Waals surface area (Å²) >= 11 is 0. The Balaban J connectivity index is 1.80. The van der Waals surface area contributed by atoms with Crippen LogP contribution < -0.4 is 10.6 Å². The lowest BCUT2D eigenvalue weighted by molar-refractivity contribution is -0.143. The van der Waals surface area contributed by atoms with Gasteiger partial charge in [0.25, 0.3) is 5.91 Å². The highest BCUT2D eigenvalue weighted by Gasteiger charge is 2.50. The van der Waals surface area contributed by atoms with E-state index in [0.29, 0.717) is 25.2 Å². The number of hydrogen-bond donors (Lipinski definition) is 2. The van der Waals surface area contributed by atoms with Crippen LogP contribution in [0.1, 0.15) is 82.0 Å². The molecule has 0 spiro atoms. The molecule has 4 atom stereocenters. The van der Waals surface area contributed by atoms with Gasteiger partial charge in [0.1, 0.15) is 23.4 Å². The number of nitrogens with one attached hydrogen (secondary N) is 2. The highest BCUT2D eigenvalue weighted by Crippen LogP contribution is 2.31. The molecule has 11 heteroatoms. The number of likely N-dealkylation sites (N-methyl/N-ethyl adjacent to an activating group) is 1. The first-order valence-electron chi connectivity index (χ1n) is 13.9. The lowest BCUT2D eigenvalue weighted by Gasteiger charge is -2.35. The van der Waals surface area contributed by atoms with Gasteiger partial charge < -0.3 is 29.5 Å². The molecule has 0 aromatic carbocycles. The van der Waals surface area contributed by atoms with Crippen molar-refractivity contribution in [1.29, 1.82) is 0 Å². The van der Waals surface area contributed by atoms with E-state index in [0.717, 1.165) is 32.1 Å². The minimum absolute atomic E-state index is 0.0476. The Morgan fingerprint density at radius 3 is 2.36 bits per heavy atom. The van der Waals surface area contributed by atoms with Crippen molar-refractivity contribution in [2.45, 2.75) is 96.4 Å². The summed E-state index contributed by atoms with van der Waals surface area (Å²) in [4.78, 5) is 54.8. The van der Waals surface area contributed by atoms with Gasteiger partial charge in [-0.05, 0) is 38.5 Å². The largest absolute Gasteiger partial charge is 0.382 e. The molecule has 11 nitrogen and oxygen atoms in total. The zero-order chi connectivity index (χ0) is 28.7. The standard InChI is InChI=1S/C28H44N4O7/c1-17(2)12-20(24(33)28(4)16-38-28)29-26(35)23(14-19-10-8-7-9-11-19)32(5)27(36)22(15-37-6)30-25(34)21-13-18(3)39-31-21/h13,17,19-20,22-23H,7-12,14-16H2,1-6H3,(H,29,35)(H,30,34)/t20-,22-,23-,28?/m0/s1. The number of carbonyl (C=O) groups is 4. The van der Waals surface area contributed by atoms with E-state index < -0.39 is 35.5 Å². The molecule has 3 rings (SSSR count). The van der Waals surface area contributed by atoms with Crippen LogP contribution in [0.2, 0.25) is 0 Å². The first-order valence-corrected chi connectivity index (χ1v) is 13.9. The van der Waals surface area contributed by atoms with Crippen molar-refractivity contribution >= 4 is 23.5 Å². The van der Waals surface area contributed by atoms with Crippen molar-refractivity contribution < 1.29 is 33.2 Å². The summed E-state index contributed by atoms with van der Waals surface area (Å²) in [6.45, 7) is 7.63. The molecular weight excluding hydrogens is 504 g/mol. The van der Waals surface area contributed by atoms with Gasteiger partial charge in [-0.2, -0.15) is 0 Å². The molecule has 1 unspecified atom stereocenters. The number of aryl methyl sites for hydroxylation is 1. The minimum atomic E-state index is -1.04. The second-order valence-corrected chi connectivity index (χ2v) is 11.6. The Labute approximate surface area is 230 Å². The summed E-state index contributed by atoms with van der Waals surface area (Å²) in [6.07, 6.45) is 6.23. The van der Waals surface area contributed by atoms with Gasteiger partial charge in [0, 0.05) is 20.2 Å². The van der Waals surface area contributed by atoms with E-state index in [2.05, 4.69) is 15.8 Å². The zero-order valence-electron chi connectivity index (χ0n) is 24.1. The second kappa shape index (κ2) is 13.5. The van der Waals surface area contributed by atoms with Crippen LogP contribution in [-0.2, 0) is 23.9 Å². The number of carbonyl (C=O) groups excluding carboxylic acids is 4. The third-order valence-corrected chi connectivity index (χ3v) is 7.64. The van der Waals surface area contributed by atoms with Crippen LogP contribution in [0.4, 0.5) is 0 Å². The number of ether oxygens (including phenoxy) is 2. The number of rotatable bonds is 14. The SMILES string of the molecule is COC[C@H](NC(=O)c1cc(C)on1)C(=O)N(C)[C@@H](CC1CCCCC1)C(=O)N[C@@H](CC(C)C)C(=O)C1(C)CO1. The molecule has 1 saturated heterocycles. The van der Waals surface area contributed by atoms with Gasteiger partial charge >= 0.3 is 0 Å². The maximum Gasteiger partial charge on any atom is 0.274 e. The summed E-state index contributed by atoms with van der Waals surface area (Å²) in [5.74, 6) is -0.667. The molecule has 1 aliphatic carbocycles. The van der Waals surface area contributed by atoms with E-state index in [1.807, 2.05) is 13.8 Å². The topological polar surface area (TPSA) is 143 Å². The fourth-order valence-corrected chi connectivity index (χ4v) is 5.22. The van der Waals surface area contributed by atoms with Gasteiger partial charge in [0.05, 0.1) is 19.3 Å². The van der Waals surface area contributed by atoms with Crippen molar-refractivity contribution in [2.24, 2.45) is 11.8 Å². The average Bonchev–Trinajstić information content (AvgIpc) is 3.50. The molecule has 0 bridgehead atoms. The zero-order valence-corrected chi connectivity index (χ0v) is 24.1. The predicted molar refractivity (Wildman–Crippen MR) is 143 cm³/mol. The Morgan fingerprint density at radius 2 is 1.82 bits per heavy atom. The monoisotopic (exact) mass is 548 g/mol. The smallest absolute Gasteiger partial charge is 0.274 e. The summed E-state index contributed by atoms with van der Waals surface area (Å²) in [7, 11) is 3.00. The molecule has 218 valence electrons. The molecule has 39 heavy (non-hydrogen) atoms. The average molecular weight is 549 g/mol. The Kier molecular flexibility index (Phi) is 10.7. The van der Waals surface area contributed by atoms with Crippen LogP contribution >= 0.6 is 0 Å². The molecule has 1 aromatic heterocycles. The second-order valence-electron chi connectivity index (χ2n) is 11.6. The first-order chi connectivity index (χ1) is 18.4. The molecule has 3 amide bonds. The molecule has 2 heterocycles. The molecule has 2 aliphatic rings. The Hall–Kier alpha value is -2.79. The van der Waals surface area contributed by atoms with Crippen LogP contribution in [0.5, 0.6) is 0 Å². The molecule has 1 aliphatic heterocycles. The maximum absolute atomic E-state index is 13.8. The summed E-state index contributed by atoms with van der Waals surface area (Å²) in [5, 5.41) is 9.33. The third-order valence-electron chi connectivity index (χ3n) is 7.64. The van der Waals surface area contributed by atoms with E-state index in [1.165, 1.54) is 18.1 Å². The molecule has 0 radical (unpaired) electrons. The fourth-order valence-electron chi connectivity index (χ4n) is 5.22. The van der Waals surface area contributed by atoms with Gasteiger partial charge in [-0.1, -0.05) is 51.1 Å². The Morgan fingerprint density at radius 1 is 1.15 bits per heavy atom. The molecular formula is C28H44N4O7. The van der Waals surface area contributed by atoms with Crippen LogP contribution in [0, 0.1) is 18.8 Å². The van der Waals surface area contributed by atoms with Gasteiger partial charge in [-0.3, -0.25) is 19.2 Å². The van der Waals surface area contributed by atoms with Crippen molar-refractivity contribution in [3.63, 3.8) is 0 Å². The summed E-state index contributed by atoms with van der Waals surface area (Å²) < 4.78 is 15.6. The normalized spacial score (nSPS) is 21.6. The van der Waals surface area contributed by atoms with Gasteiger partial charge in [0.15, 0.2) is 11.5 Å². The summed E-state index contributed by atoms with van der Waals surface area (Å²) in [6, 6.07) is -1.10. The molecule has 1 saturated carbocycles. The van der Waals surface area contributed by atoms with Gasteiger partial charge in [0.2, 0.25) is 11.8 Å². The van der Waals surface area contributed by atoms with E-state index >= 15 is 0 Å². The number of amides is 3. The van der Waals surface area contributed by atoms with Crippen molar-refractivity contribution in [3.05, 3.63) is 17.5 Å². The highest BCUT2D eigenvalue weighted by atomic mass is 16.6. The lowest BCUT2D eigenvalue weighted by atomic mass is 9.84. The van der Waals surface area contributed by atoms with E-state index in [9.17, 15) is 19.2 Å². The Bertz CT molecular complexity index is 1010. The van der Waals surface area contributed by atoms with Crippen LogP contribution in [0.3, 0.4) is 0 Å². The minimum Gasteiger partial charge on any atom is -0.382 e. The van der Waals surface area contributed by atoms with E-state index in [1.54, 1.807) is 20.9 Å². The molecule has 2 N–H and O–H groups in total. The highest BCUT2D eigenvalue weighted by molar-refractivity contribution is 5.99. The van der Waals surface area contributed by atoms with Crippen LogP contribution in [0.15, 0.2) is 10.6 Å². The number of epoxide rings is 1. The quantitative estimate of drug-likeness (QED) is 0.338. The van der Waals surface area contributed by atoms with Gasteiger partial charge in [-0.25, -0.2) is 0 Å². The number of hydrogen-bond acceptors (Lipinski definition) is 8. The van der Waals surface area contributed by atoms with Crippen LogP contribution in [0.25, 0.3) is 0 Å². The van der Waals surface area contributed by atoms with Crippen molar-refractivity contribution in [2.75, 3.05) is 27.4 Å². The van der Waals surface area contributed by atoms with E-state index in [4.69, 9.17) is 14.0 Å². The number of ketones is 1. The summed E-state index contributed by atoms with van der Waals surface area (Å²) in [5.41, 5.74) is -0.827. The third kappa shape index (κ3) is 8.35. The van der Waals surface area contributed by atoms with Crippen molar-refractivity contribution in [3.8, 4) is 0 Å². The first kappa shape index (κ1) is 30.7. The van der Waals surface area contributed by atoms with Crippen LogP contribution in [-0.4, -0.2) is 84.7 Å². The fraction of sp³-hybridized carbons (Fsp3) is 0.750. The number of Topliss-reactive ketones (excluding diaryl/α,β-unsaturated/α-hetero) is 1. The molecule has 2 fully saturated rings.